The third kappa shape index (κ3) is 1.03. The van der Waals surface area contributed by atoms with E-state index in [1.54, 1.807) is 0 Å². The number of hydrogen-bond donors (Lipinski definition) is 1. The highest BCUT2D eigenvalue weighted by molar-refractivity contribution is 5.85. The van der Waals surface area contributed by atoms with Crippen LogP contribution in [0.25, 0.3) is 0 Å². The predicted octanol–water partition coefficient (Wildman–Crippen LogP) is 1.84. The van der Waals surface area contributed by atoms with E-state index in [4.69, 9.17) is 0 Å². The Labute approximate surface area is 80.0 Å². The Morgan fingerprint density at radius 2 is 1.42 bits per heavy atom. The number of allylic oxidation sites excluding steroid dienone is 2. The van der Waals surface area contributed by atoms with E-state index in [1.165, 1.54) is 25.9 Å². The van der Waals surface area contributed by atoms with Crippen molar-refractivity contribution in [2.24, 2.45) is 23.7 Å². The molecule has 12 heavy (non-hydrogen) atoms. The zero-order valence-corrected chi connectivity index (χ0v) is 8.02. The van der Waals surface area contributed by atoms with Gasteiger partial charge in [0, 0.05) is 0 Å². The van der Waals surface area contributed by atoms with Crippen LogP contribution in [0.2, 0.25) is 0 Å². The average Bonchev–Trinajstić information content (AvgIpc) is 2.55. The molecular weight excluding hydrogens is 170 g/mol. The smallest absolute Gasteiger partial charge is 0.00114 e. The molecule has 0 aromatic carbocycles. The monoisotopic (exact) mass is 185 g/mol. The fraction of sp³-hybridized carbons (Fsp3) is 0.800. The van der Waals surface area contributed by atoms with Gasteiger partial charge in [0.1, 0.15) is 0 Å². The van der Waals surface area contributed by atoms with Crippen LogP contribution in [0, 0.1) is 23.7 Å². The SMILES string of the molecule is C1=C[C@H]2CC[C@@H]1[C@@H]1CNC[C@@H]12.Cl. The first kappa shape index (κ1) is 8.58. The van der Waals surface area contributed by atoms with Gasteiger partial charge in [0.15, 0.2) is 0 Å². The Bertz CT molecular complexity index is 182. The van der Waals surface area contributed by atoms with Crippen LogP contribution >= 0.6 is 12.4 Å². The molecule has 2 heteroatoms. The first-order valence-electron chi connectivity index (χ1n) is 4.84. The van der Waals surface area contributed by atoms with Gasteiger partial charge in [-0.2, -0.15) is 0 Å². The minimum Gasteiger partial charge on any atom is -0.316 e. The first-order valence-corrected chi connectivity index (χ1v) is 4.84. The van der Waals surface area contributed by atoms with E-state index in [1.807, 2.05) is 0 Å². The van der Waals surface area contributed by atoms with Gasteiger partial charge in [0.05, 0.1) is 0 Å². The van der Waals surface area contributed by atoms with Gasteiger partial charge in [0.25, 0.3) is 0 Å². The molecule has 1 N–H and O–H groups in total. The summed E-state index contributed by atoms with van der Waals surface area (Å²) in [6.07, 6.45) is 7.87. The molecule has 4 rings (SSSR count). The van der Waals surface area contributed by atoms with Crippen molar-refractivity contribution in [3.05, 3.63) is 12.2 Å². The summed E-state index contributed by atoms with van der Waals surface area (Å²) in [6, 6.07) is 0. The van der Waals surface area contributed by atoms with Crippen molar-refractivity contribution in [1.29, 1.82) is 0 Å². The topological polar surface area (TPSA) is 12.0 Å². The van der Waals surface area contributed by atoms with E-state index in [9.17, 15) is 0 Å². The lowest BCUT2D eigenvalue weighted by molar-refractivity contribution is 0.169. The van der Waals surface area contributed by atoms with E-state index in [2.05, 4.69) is 17.5 Å². The molecule has 1 heterocycles. The molecule has 0 spiro atoms. The zero-order chi connectivity index (χ0) is 7.26. The summed E-state index contributed by atoms with van der Waals surface area (Å²) in [5.41, 5.74) is 0. The quantitative estimate of drug-likeness (QED) is 0.568. The molecule has 1 aliphatic heterocycles. The molecular formula is C10H16ClN. The molecule has 1 saturated heterocycles. The number of fused-ring (bicyclic) bond motifs is 1. The molecule has 1 nitrogen and oxygen atoms in total. The summed E-state index contributed by atoms with van der Waals surface area (Å²) in [7, 11) is 0. The van der Waals surface area contributed by atoms with Crippen LogP contribution in [0.1, 0.15) is 12.8 Å². The number of nitrogens with one attached hydrogen (secondary N) is 1. The second kappa shape index (κ2) is 3.04. The molecule has 3 aliphatic carbocycles. The summed E-state index contributed by atoms with van der Waals surface area (Å²) in [5, 5.41) is 3.53. The van der Waals surface area contributed by atoms with Crippen molar-refractivity contribution in [1.82, 2.24) is 5.32 Å². The van der Waals surface area contributed by atoms with Crippen molar-refractivity contribution in [2.45, 2.75) is 12.8 Å². The van der Waals surface area contributed by atoms with E-state index in [0.29, 0.717) is 0 Å². The molecule has 0 aromatic heterocycles. The van der Waals surface area contributed by atoms with Gasteiger partial charge in [-0.25, -0.2) is 0 Å². The summed E-state index contributed by atoms with van der Waals surface area (Å²) >= 11 is 0. The maximum absolute atomic E-state index is 3.53. The van der Waals surface area contributed by atoms with Gasteiger partial charge in [-0.3, -0.25) is 0 Å². The van der Waals surface area contributed by atoms with Crippen LogP contribution in [0.3, 0.4) is 0 Å². The number of rotatable bonds is 0. The maximum Gasteiger partial charge on any atom is -0.00114 e. The van der Waals surface area contributed by atoms with Crippen LogP contribution in [-0.2, 0) is 0 Å². The lowest BCUT2D eigenvalue weighted by Gasteiger charge is -2.40. The Morgan fingerprint density at radius 3 is 1.83 bits per heavy atom. The average molecular weight is 186 g/mol. The van der Waals surface area contributed by atoms with Gasteiger partial charge in [-0.05, 0) is 49.6 Å². The van der Waals surface area contributed by atoms with E-state index in [-0.39, 0.29) is 12.4 Å². The van der Waals surface area contributed by atoms with Crippen molar-refractivity contribution >= 4 is 12.4 Å². The van der Waals surface area contributed by atoms with Crippen molar-refractivity contribution in [3.8, 4) is 0 Å². The molecule has 0 aromatic rings. The number of hydrogen-bond acceptors (Lipinski definition) is 1. The van der Waals surface area contributed by atoms with Gasteiger partial charge in [0.2, 0.25) is 0 Å². The maximum atomic E-state index is 3.53. The molecule has 4 atom stereocenters. The van der Waals surface area contributed by atoms with Crippen molar-refractivity contribution in [2.75, 3.05) is 13.1 Å². The molecule has 4 aliphatic rings. The first-order chi connectivity index (χ1) is 5.45. The Kier molecular flexibility index (Phi) is 2.18. The Hall–Kier alpha value is -0.0100. The Balaban J connectivity index is 0.000000563. The second-order valence-electron chi connectivity index (χ2n) is 4.28. The van der Waals surface area contributed by atoms with Crippen LogP contribution in [-0.4, -0.2) is 13.1 Å². The van der Waals surface area contributed by atoms with Gasteiger partial charge in [-0.1, -0.05) is 12.2 Å². The molecule has 2 fully saturated rings. The van der Waals surface area contributed by atoms with E-state index < -0.39 is 0 Å². The fourth-order valence-corrected chi connectivity index (χ4v) is 3.23. The molecule has 0 radical (unpaired) electrons. The van der Waals surface area contributed by atoms with Crippen molar-refractivity contribution < 1.29 is 0 Å². The normalized spacial score (nSPS) is 48.7. The third-order valence-corrected chi connectivity index (χ3v) is 3.85. The van der Waals surface area contributed by atoms with Crippen LogP contribution in [0.4, 0.5) is 0 Å². The molecule has 0 unspecified atom stereocenters. The van der Waals surface area contributed by atoms with Crippen LogP contribution < -0.4 is 5.32 Å². The van der Waals surface area contributed by atoms with Crippen LogP contribution in [0.5, 0.6) is 0 Å². The van der Waals surface area contributed by atoms with Crippen LogP contribution in [0.15, 0.2) is 12.2 Å². The predicted molar refractivity (Wildman–Crippen MR) is 52.5 cm³/mol. The molecule has 2 bridgehead atoms. The fourth-order valence-electron chi connectivity index (χ4n) is 3.23. The third-order valence-electron chi connectivity index (χ3n) is 3.85. The van der Waals surface area contributed by atoms with Gasteiger partial charge >= 0.3 is 0 Å². The largest absolute Gasteiger partial charge is 0.316 e. The second-order valence-corrected chi connectivity index (χ2v) is 4.28. The lowest BCUT2D eigenvalue weighted by atomic mass is 9.64. The lowest BCUT2D eigenvalue weighted by Crippen LogP contribution is -2.35. The Morgan fingerprint density at radius 1 is 0.917 bits per heavy atom. The van der Waals surface area contributed by atoms with E-state index in [0.717, 1.165) is 23.7 Å². The standard InChI is InChI=1S/C10H15N.ClH/c1-2-8-4-3-7(1)9-5-11-6-10(8)9;/h1-2,7-11H,3-6H2;1H/t7-,8+,9+,10-;. The molecule has 68 valence electrons. The highest BCUT2D eigenvalue weighted by Gasteiger charge is 2.42. The summed E-state index contributed by atoms with van der Waals surface area (Å²) in [6.45, 7) is 2.58. The molecule has 1 saturated carbocycles. The highest BCUT2D eigenvalue weighted by atomic mass is 35.5. The highest BCUT2D eigenvalue weighted by Crippen LogP contribution is 2.45. The number of halogens is 1. The van der Waals surface area contributed by atoms with Gasteiger partial charge in [-0.15, -0.1) is 12.4 Å². The minimum absolute atomic E-state index is 0. The summed E-state index contributed by atoms with van der Waals surface area (Å²) in [4.78, 5) is 0. The van der Waals surface area contributed by atoms with Crippen molar-refractivity contribution in [3.63, 3.8) is 0 Å². The summed E-state index contributed by atoms with van der Waals surface area (Å²) < 4.78 is 0. The molecule has 0 amide bonds. The summed E-state index contributed by atoms with van der Waals surface area (Å²) in [5.74, 6) is 3.86. The van der Waals surface area contributed by atoms with Gasteiger partial charge < -0.3 is 5.32 Å². The van der Waals surface area contributed by atoms with E-state index >= 15 is 0 Å². The minimum atomic E-state index is 0. The zero-order valence-electron chi connectivity index (χ0n) is 7.20.